The second-order valence-electron chi connectivity index (χ2n) is 5.26. The molecule has 2 rings (SSSR count). The Balaban J connectivity index is 1.69. The molecule has 12 heavy (non-hydrogen) atoms. The van der Waals surface area contributed by atoms with E-state index in [0.717, 1.165) is 17.3 Å². The third-order valence-electron chi connectivity index (χ3n) is 4.32. The van der Waals surface area contributed by atoms with Crippen LogP contribution in [0.5, 0.6) is 0 Å². The zero-order valence-corrected chi connectivity index (χ0v) is 8.27. The predicted octanol–water partition coefficient (Wildman–Crippen LogP) is 2.73. The first-order valence-corrected chi connectivity index (χ1v) is 5.26. The van der Waals surface area contributed by atoms with Crippen LogP contribution in [0.2, 0.25) is 0 Å². The number of aliphatic hydroxyl groups excluding tert-OH is 1. The molecular weight excluding hydrogens is 148 g/mol. The Labute approximate surface area is 75.2 Å². The Morgan fingerprint density at radius 1 is 1.42 bits per heavy atom. The van der Waals surface area contributed by atoms with Crippen LogP contribution in [0.4, 0.5) is 0 Å². The summed E-state index contributed by atoms with van der Waals surface area (Å²) in [7, 11) is 0. The molecule has 2 saturated carbocycles. The van der Waals surface area contributed by atoms with Crippen molar-refractivity contribution < 1.29 is 5.11 Å². The fourth-order valence-corrected chi connectivity index (χ4v) is 3.04. The van der Waals surface area contributed by atoms with Crippen molar-refractivity contribution in [1.29, 1.82) is 0 Å². The molecule has 70 valence electrons. The van der Waals surface area contributed by atoms with Crippen LogP contribution in [-0.4, -0.2) is 11.2 Å². The molecule has 1 N–H and O–H groups in total. The maximum Gasteiger partial charge on any atom is 0.0512 e. The molecule has 0 bridgehead atoms. The predicted molar refractivity (Wildman–Crippen MR) is 49.9 cm³/mol. The zero-order valence-electron chi connectivity index (χ0n) is 8.27. The molecule has 0 aromatic carbocycles. The van der Waals surface area contributed by atoms with E-state index in [1.807, 2.05) is 6.92 Å². The van der Waals surface area contributed by atoms with Crippen molar-refractivity contribution in [2.24, 2.45) is 10.8 Å². The van der Waals surface area contributed by atoms with Crippen LogP contribution in [0.15, 0.2) is 0 Å². The van der Waals surface area contributed by atoms with Crippen molar-refractivity contribution in [2.75, 3.05) is 0 Å². The van der Waals surface area contributed by atoms with Crippen molar-refractivity contribution in [3.8, 4) is 0 Å². The van der Waals surface area contributed by atoms with Gasteiger partial charge in [0.1, 0.15) is 0 Å². The Hall–Kier alpha value is -0.0400. The molecule has 0 heterocycles. The standard InChI is InChI=1S/C11H20O/c1-9(12)4-3-5-11-7-6-10(11,2)8-11/h9,12H,3-8H2,1-2H3. The average Bonchev–Trinajstić information content (AvgIpc) is 2.36. The molecule has 0 aromatic heterocycles. The molecule has 1 nitrogen and oxygen atoms in total. The molecule has 0 aliphatic heterocycles. The maximum absolute atomic E-state index is 9.12. The molecule has 2 aliphatic carbocycles. The molecule has 0 spiro atoms. The summed E-state index contributed by atoms with van der Waals surface area (Å²) in [5.41, 5.74) is 1.49. The van der Waals surface area contributed by atoms with Crippen molar-refractivity contribution >= 4 is 0 Å². The normalized spacial score (nSPS) is 46.2. The summed E-state index contributed by atoms with van der Waals surface area (Å²) in [5.74, 6) is 0. The van der Waals surface area contributed by atoms with E-state index in [2.05, 4.69) is 6.92 Å². The van der Waals surface area contributed by atoms with Gasteiger partial charge in [-0.1, -0.05) is 13.3 Å². The molecule has 3 atom stereocenters. The summed E-state index contributed by atoms with van der Waals surface area (Å²) in [4.78, 5) is 0. The van der Waals surface area contributed by atoms with Crippen molar-refractivity contribution in [2.45, 2.75) is 58.5 Å². The molecular formula is C11H20O. The average molecular weight is 168 g/mol. The summed E-state index contributed by atoms with van der Waals surface area (Å²) >= 11 is 0. The number of hydrogen-bond donors (Lipinski definition) is 1. The molecule has 0 saturated heterocycles. The fourth-order valence-electron chi connectivity index (χ4n) is 3.04. The maximum atomic E-state index is 9.12. The van der Waals surface area contributed by atoms with Gasteiger partial charge in [0, 0.05) is 0 Å². The number of rotatable bonds is 4. The minimum absolute atomic E-state index is 0.0912. The van der Waals surface area contributed by atoms with Crippen LogP contribution < -0.4 is 0 Å². The highest BCUT2D eigenvalue weighted by atomic mass is 16.3. The number of fused-ring (bicyclic) bond motifs is 1. The van der Waals surface area contributed by atoms with Gasteiger partial charge >= 0.3 is 0 Å². The van der Waals surface area contributed by atoms with Crippen LogP contribution in [0, 0.1) is 10.8 Å². The van der Waals surface area contributed by atoms with Crippen molar-refractivity contribution in [3.63, 3.8) is 0 Å². The van der Waals surface area contributed by atoms with Crippen LogP contribution in [-0.2, 0) is 0 Å². The van der Waals surface area contributed by atoms with Gasteiger partial charge in [0.15, 0.2) is 0 Å². The van der Waals surface area contributed by atoms with E-state index in [4.69, 9.17) is 5.11 Å². The smallest absolute Gasteiger partial charge is 0.0512 e. The van der Waals surface area contributed by atoms with Crippen LogP contribution in [0.3, 0.4) is 0 Å². The highest BCUT2D eigenvalue weighted by Gasteiger charge is 2.69. The first kappa shape index (κ1) is 8.55. The summed E-state index contributed by atoms with van der Waals surface area (Å²) in [5, 5.41) is 9.12. The minimum atomic E-state index is -0.0912. The van der Waals surface area contributed by atoms with E-state index in [1.165, 1.54) is 32.1 Å². The van der Waals surface area contributed by atoms with Crippen LogP contribution in [0.1, 0.15) is 52.4 Å². The molecule has 0 aromatic rings. The third kappa shape index (κ3) is 1.10. The molecule has 0 amide bonds. The van der Waals surface area contributed by atoms with Gasteiger partial charge in [-0.15, -0.1) is 0 Å². The number of hydrogen-bond acceptors (Lipinski definition) is 1. The van der Waals surface area contributed by atoms with Gasteiger partial charge in [0.2, 0.25) is 0 Å². The zero-order chi connectivity index (χ0) is 8.82. The van der Waals surface area contributed by atoms with E-state index in [0.29, 0.717) is 0 Å². The SMILES string of the molecule is CC(O)CCCC12CCC1(C)C2. The monoisotopic (exact) mass is 168 g/mol. The Bertz CT molecular complexity index is 187. The van der Waals surface area contributed by atoms with Crippen LogP contribution >= 0.6 is 0 Å². The summed E-state index contributed by atoms with van der Waals surface area (Å²) in [6.45, 7) is 4.32. The molecule has 1 heteroatoms. The van der Waals surface area contributed by atoms with Gasteiger partial charge < -0.3 is 5.11 Å². The second kappa shape index (κ2) is 2.47. The topological polar surface area (TPSA) is 20.2 Å². The summed E-state index contributed by atoms with van der Waals surface area (Å²) < 4.78 is 0. The Morgan fingerprint density at radius 2 is 2.17 bits per heavy atom. The van der Waals surface area contributed by atoms with E-state index in [-0.39, 0.29) is 6.10 Å². The first-order chi connectivity index (χ1) is 5.58. The van der Waals surface area contributed by atoms with E-state index >= 15 is 0 Å². The van der Waals surface area contributed by atoms with E-state index in [1.54, 1.807) is 0 Å². The fraction of sp³-hybridized carbons (Fsp3) is 1.00. The van der Waals surface area contributed by atoms with E-state index < -0.39 is 0 Å². The molecule has 0 radical (unpaired) electrons. The molecule has 3 unspecified atom stereocenters. The van der Waals surface area contributed by atoms with Gasteiger partial charge in [-0.25, -0.2) is 0 Å². The molecule has 2 aliphatic rings. The van der Waals surface area contributed by atoms with Gasteiger partial charge in [-0.2, -0.15) is 0 Å². The lowest BCUT2D eigenvalue weighted by molar-refractivity contribution is 0.149. The van der Waals surface area contributed by atoms with Crippen LogP contribution in [0.25, 0.3) is 0 Å². The lowest BCUT2D eigenvalue weighted by Crippen LogP contribution is -2.22. The van der Waals surface area contributed by atoms with E-state index in [9.17, 15) is 0 Å². The minimum Gasteiger partial charge on any atom is -0.393 e. The summed E-state index contributed by atoms with van der Waals surface area (Å²) in [6, 6.07) is 0. The Morgan fingerprint density at radius 3 is 2.50 bits per heavy atom. The lowest BCUT2D eigenvalue weighted by atomic mass is 9.72. The lowest BCUT2D eigenvalue weighted by Gasteiger charge is -2.33. The van der Waals surface area contributed by atoms with Gasteiger partial charge in [-0.05, 0) is 49.9 Å². The first-order valence-electron chi connectivity index (χ1n) is 5.26. The third-order valence-corrected chi connectivity index (χ3v) is 4.32. The van der Waals surface area contributed by atoms with Crippen molar-refractivity contribution in [1.82, 2.24) is 0 Å². The van der Waals surface area contributed by atoms with Gasteiger partial charge in [0.25, 0.3) is 0 Å². The molecule has 2 fully saturated rings. The summed E-state index contributed by atoms with van der Waals surface area (Å²) in [6.07, 6.45) is 7.90. The second-order valence-corrected chi connectivity index (χ2v) is 5.26. The van der Waals surface area contributed by atoms with Crippen molar-refractivity contribution in [3.05, 3.63) is 0 Å². The van der Waals surface area contributed by atoms with Gasteiger partial charge in [0.05, 0.1) is 6.10 Å². The Kier molecular flexibility index (Phi) is 1.76. The number of aliphatic hydroxyl groups is 1. The van der Waals surface area contributed by atoms with Gasteiger partial charge in [-0.3, -0.25) is 0 Å². The quantitative estimate of drug-likeness (QED) is 0.684. The largest absolute Gasteiger partial charge is 0.393 e. The highest BCUT2D eigenvalue weighted by Crippen LogP contribution is 2.79. The highest BCUT2D eigenvalue weighted by molar-refractivity contribution is 5.19.